The van der Waals surface area contributed by atoms with E-state index in [1.807, 2.05) is 27.1 Å². The summed E-state index contributed by atoms with van der Waals surface area (Å²) in [5, 5.41) is 1.08. The molecule has 0 spiro atoms. The van der Waals surface area contributed by atoms with Gasteiger partial charge in [0.2, 0.25) is 5.91 Å². The van der Waals surface area contributed by atoms with Crippen molar-refractivity contribution in [3.05, 3.63) is 53.9 Å². The molecule has 1 amide bonds. The molecule has 1 N–H and O–H groups in total. The maximum Gasteiger partial charge on any atom is 0.242 e. The molecular weight excluding hydrogens is 448 g/mol. The number of nitrogens with zero attached hydrogens (tertiary/aromatic N) is 7. The first-order chi connectivity index (χ1) is 16.6. The average molecular weight is 473 g/mol. The molecule has 1 aliphatic heterocycles. The Labute approximate surface area is 200 Å². The molecule has 5 heterocycles. The van der Waals surface area contributed by atoms with Crippen molar-refractivity contribution in [1.82, 2.24) is 34.4 Å². The zero-order chi connectivity index (χ0) is 23.2. The van der Waals surface area contributed by atoms with Crippen molar-refractivity contribution in [1.29, 1.82) is 0 Å². The number of anilines is 1. The second-order valence-electron chi connectivity index (χ2n) is 8.71. The highest BCUT2D eigenvalue weighted by molar-refractivity contribution is 7.14. The third kappa shape index (κ3) is 3.60. The molecule has 0 bridgehead atoms. The molecule has 6 rings (SSSR count). The number of amides is 1. The number of imidazole rings is 2. The van der Waals surface area contributed by atoms with Crippen molar-refractivity contribution < 1.29 is 4.79 Å². The summed E-state index contributed by atoms with van der Waals surface area (Å²) >= 11 is 1.61. The van der Waals surface area contributed by atoms with E-state index in [1.165, 1.54) is 5.56 Å². The zero-order valence-electron chi connectivity index (χ0n) is 19.0. The van der Waals surface area contributed by atoms with Crippen molar-refractivity contribution in [3.63, 3.8) is 0 Å². The van der Waals surface area contributed by atoms with Gasteiger partial charge in [-0.2, -0.15) is 0 Å². The van der Waals surface area contributed by atoms with Gasteiger partial charge >= 0.3 is 0 Å². The number of thiazole rings is 1. The predicted octanol–water partition coefficient (Wildman–Crippen LogP) is 3.48. The molecule has 0 unspecified atom stereocenters. The van der Waals surface area contributed by atoms with Crippen LogP contribution in [0.25, 0.3) is 33.7 Å². The van der Waals surface area contributed by atoms with Gasteiger partial charge in [-0.3, -0.25) is 4.79 Å². The minimum absolute atomic E-state index is 0.0669. The van der Waals surface area contributed by atoms with Gasteiger partial charge in [-0.15, -0.1) is 11.3 Å². The summed E-state index contributed by atoms with van der Waals surface area (Å²) in [6.07, 6.45) is 3.41. The molecule has 10 heteroatoms. The second-order valence-corrected chi connectivity index (χ2v) is 9.55. The number of hydrogen-bond acceptors (Lipinski definition) is 7. The lowest BCUT2D eigenvalue weighted by molar-refractivity contribution is -0.134. The Balaban J connectivity index is 1.19. The van der Waals surface area contributed by atoms with E-state index < -0.39 is 0 Å². The number of hydrogen-bond donors (Lipinski definition) is 1. The van der Waals surface area contributed by atoms with Gasteiger partial charge in [0.15, 0.2) is 11.5 Å². The largest absolute Gasteiger partial charge is 0.358 e. The van der Waals surface area contributed by atoms with Crippen molar-refractivity contribution in [2.45, 2.75) is 26.4 Å². The number of rotatable bonds is 4. The van der Waals surface area contributed by atoms with Gasteiger partial charge in [-0.1, -0.05) is 6.07 Å². The quantitative estimate of drug-likeness (QED) is 0.430. The first-order valence-corrected chi connectivity index (χ1v) is 12.2. The van der Waals surface area contributed by atoms with E-state index in [1.54, 1.807) is 23.9 Å². The summed E-state index contributed by atoms with van der Waals surface area (Å²) in [5.74, 6) is 0.858. The minimum Gasteiger partial charge on any atom is -0.358 e. The normalized spacial score (nSPS) is 16.6. The summed E-state index contributed by atoms with van der Waals surface area (Å²) in [5.41, 5.74) is 7.38. The van der Waals surface area contributed by atoms with Crippen LogP contribution in [0.3, 0.4) is 0 Å². The smallest absolute Gasteiger partial charge is 0.242 e. The third-order valence-corrected chi connectivity index (χ3v) is 7.21. The molecule has 1 atom stereocenters. The zero-order valence-corrected chi connectivity index (χ0v) is 19.8. The fourth-order valence-electron chi connectivity index (χ4n) is 4.62. The first kappa shape index (κ1) is 20.8. The molecule has 9 nitrogen and oxygen atoms in total. The molecule has 34 heavy (non-hydrogen) atoms. The lowest BCUT2D eigenvalue weighted by Gasteiger charge is -2.40. The molecule has 0 aliphatic carbocycles. The van der Waals surface area contributed by atoms with E-state index >= 15 is 0 Å². The van der Waals surface area contributed by atoms with E-state index in [2.05, 4.69) is 56.9 Å². The van der Waals surface area contributed by atoms with Crippen LogP contribution in [0.4, 0.5) is 5.00 Å². The van der Waals surface area contributed by atoms with Crippen molar-refractivity contribution in [2.75, 3.05) is 24.5 Å². The summed E-state index contributed by atoms with van der Waals surface area (Å²) in [6, 6.07) is 10.0. The molecule has 0 saturated carbocycles. The molecule has 1 saturated heterocycles. The average Bonchev–Trinajstić information content (AvgIpc) is 3.57. The Morgan fingerprint density at radius 1 is 1.18 bits per heavy atom. The van der Waals surface area contributed by atoms with Crippen molar-refractivity contribution in [3.8, 4) is 11.5 Å². The summed E-state index contributed by atoms with van der Waals surface area (Å²) < 4.78 is 1.82. The second kappa shape index (κ2) is 8.21. The van der Waals surface area contributed by atoms with Crippen LogP contribution in [0.2, 0.25) is 0 Å². The van der Waals surface area contributed by atoms with Crippen LogP contribution in [0, 0.1) is 6.92 Å². The SMILES string of the molecule is Cc1ccc2[nH]c(-c3ncsc3N3CCN(C(=O)Cn4cnc5cccnc54)[C@H](C)C3)nc2c1. The molecule has 0 radical (unpaired) electrons. The fourth-order valence-corrected chi connectivity index (χ4v) is 5.45. The van der Waals surface area contributed by atoms with Crippen molar-refractivity contribution >= 4 is 44.4 Å². The Hall–Kier alpha value is -3.79. The molecule has 4 aromatic heterocycles. The van der Waals surface area contributed by atoms with Crippen LogP contribution in [0.5, 0.6) is 0 Å². The Morgan fingerprint density at radius 3 is 2.97 bits per heavy atom. The van der Waals surface area contributed by atoms with Gasteiger partial charge in [0, 0.05) is 31.9 Å². The predicted molar refractivity (Wildman–Crippen MR) is 133 cm³/mol. The molecule has 5 aromatic rings. The molecule has 1 aliphatic rings. The van der Waals surface area contributed by atoms with Crippen LogP contribution in [-0.4, -0.2) is 66.0 Å². The van der Waals surface area contributed by atoms with Crippen LogP contribution in [-0.2, 0) is 11.3 Å². The first-order valence-electron chi connectivity index (χ1n) is 11.3. The van der Waals surface area contributed by atoms with Gasteiger partial charge in [0.05, 0.1) is 22.9 Å². The van der Waals surface area contributed by atoms with Gasteiger partial charge < -0.3 is 19.4 Å². The Morgan fingerprint density at radius 2 is 2.09 bits per heavy atom. The van der Waals surface area contributed by atoms with E-state index in [0.29, 0.717) is 6.54 Å². The number of pyridine rings is 1. The fraction of sp³-hybridized carbons (Fsp3) is 0.292. The van der Waals surface area contributed by atoms with Crippen LogP contribution >= 0.6 is 11.3 Å². The molecule has 1 aromatic carbocycles. The number of fused-ring (bicyclic) bond motifs is 2. The maximum atomic E-state index is 13.1. The summed E-state index contributed by atoms with van der Waals surface area (Å²) in [7, 11) is 0. The maximum absolute atomic E-state index is 13.1. The number of aryl methyl sites for hydroxylation is 1. The topological polar surface area (TPSA) is 95.8 Å². The van der Waals surface area contributed by atoms with Crippen LogP contribution < -0.4 is 4.90 Å². The van der Waals surface area contributed by atoms with Crippen LogP contribution in [0.15, 0.2) is 48.4 Å². The number of benzene rings is 1. The molecule has 1 fully saturated rings. The van der Waals surface area contributed by atoms with E-state index in [9.17, 15) is 4.79 Å². The summed E-state index contributed by atoms with van der Waals surface area (Å²) in [4.78, 5) is 38.9. The van der Waals surface area contributed by atoms with E-state index in [0.717, 1.165) is 51.8 Å². The standard InChI is InChI=1S/C24H24N8OS/c1-15-5-6-17-19(10-15)29-22(28-17)21-24(34-14-27-21)30-8-9-32(16(2)11-30)20(33)12-31-13-26-18-4-3-7-25-23(18)31/h3-7,10,13-14,16H,8-9,11-12H2,1-2H3,(H,28,29)/t16-/m1/s1. The number of aromatic nitrogens is 6. The minimum atomic E-state index is 0.0669. The summed E-state index contributed by atoms with van der Waals surface area (Å²) in [6.45, 7) is 6.53. The molecule has 172 valence electrons. The Bertz CT molecular complexity index is 1500. The third-order valence-electron chi connectivity index (χ3n) is 6.33. The monoisotopic (exact) mass is 472 g/mol. The number of nitrogens with one attached hydrogen (secondary N) is 1. The number of H-pyrrole nitrogens is 1. The lowest BCUT2D eigenvalue weighted by Crippen LogP contribution is -2.54. The van der Waals surface area contributed by atoms with E-state index in [-0.39, 0.29) is 18.5 Å². The molecular formula is C24H24N8OS. The number of carbonyl (C=O) groups excluding carboxylic acids is 1. The number of carbonyl (C=O) groups is 1. The van der Waals surface area contributed by atoms with Gasteiger partial charge in [0.25, 0.3) is 0 Å². The van der Waals surface area contributed by atoms with Crippen LogP contribution in [0.1, 0.15) is 12.5 Å². The Kier molecular flexibility index (Phi) is 5.02. The highest BCUT2D eigenvalue weighted by Gasteiger charge is 2.30. The highest BCUT2D eigenvalue weighted by Crippen LogP contribution is 2.34. The lowest BCUT2D eigenvalue weighted by atomic mass is 10.2. The van der Waals surface area contributed by atoms with Gasteiger partial charge in [-0.25, -0.2) is 19.9 Å². The van der Waals surface area contributed by atoms with Gasteiger partial charge in [-0.05, 0) is 43.7 Å². The van der Waals surface area contributed by atoms with Crippen molar-refractivity contribution in [2.24, 2.45) is 0 Å². The van der Waals surface area contributed by atoms with E-state index in [4.69, 9.17) is 4.98 Å². The number of piperazine rings is 1. The number of aromatic amines is 1. The highest BCUT2D eigenvalue weighted by atomic mass is 32.1. The van der Waals surface area contributed by atoms with Gasteiger partial charge in [0.1, 0.15) is 22.8 Å².